The first-order valence-corrected chi connectivity index (χ1v) is 14.6. The second kappa shape index (κ2) is 11.8. The molecular weight excluding hydrogens is 640 g/mol. The van der Waals surface area contributed by atoms with Crippen LogP contribution in [0.3, 0.4) is 0 Å². The predicted octanol–water partition coefficient (Wildman–Crippen LogP) is 3.01. The Morgan fingerprint density at radius 3 is 1.14 bits per heavy atom. The highest BCUT2D eigenvalue weighted by Crippen LogP contribution is 2.52. The molecule has 7 aromatic heterocycles. The molecule has 19 heteroatoms. The molecule has 0 aliphatic carbocycles. The molecule has 2 aromatic carbocycles. The largest absolute Gasteiger partial charge is 0.454 e. The number of furan rings is 1. The summed E-state index contributed by atoms with van der Waals surface area (Å²) in [5.74, 6) is 1.83. The van der Waals surface area contributed by atoms with Gasteiger partial charge >= 0.3 is 0 Å². The Balaban J connectivity index is 1.59. The van der Waals surface area contributed by atoms with E-state index in [0.29, 0.717) is 67.0 Å². The highest BCUT2D eigenvalue weighted by Gasteiger charge is 2.33. The Kier molecular flexibility index (Phi) is 6.75. The maximum absolute atomic E-state index is 6.96. The van der Waals surface area contributed by atoms with E-state index in [1.54, 1.807) is 0 Å². The quantitative estimate of drug-likeness (QED) is 0.249. The molecule has 0 fully saturated rings. The first-order chi connectivity index (χ1) is 24.8. The van der Waals surface area contributed by atoms with Crippen LogP contribution in [0.4, 0.5) is 0 Å². The van der Waals surface area contributed by atoms with Gasteiger partial charge in [0.25, 0.3) is 0 Å². The second-order valence-corrected chi connectivity index (χ2v) is 10.4. The normalized spacial score (nSPS) is 11.3. The Labute approximate surface area is 278 Å². The van der Waals surface area contributed by atoms with E-state index in [9.17, 15) is 0 Å². The Hall–Kier alpha value is -7.70. The molecule has 236 valence electrons. The van der Waals surface area contributed by atoms with Gasteiger partial charge in [-0.1, -0.05) is 0 Å². The number of rotatable bonds is 6. The standard InChI is InChI=1S/C31H16N18O/c1-15-16(26-38-3-32-4-39-26)2-17-19-20(28-42-7-34-8-43-28)21(29-44-9-35-10-45-29)22(30-46-11-36-12-47-30)23(31-48-13-37-14-49-31)25(19)50-24(17)18(15)27-40-5-33-6-41-27/h2-14H,1H3. The third-order valence-corrected chi connectivity index (χ3v) is 7.79. The van der Waals surface area contributed by atoms with Crippen molar-refractivity contribution in [1.82, 2.24) is 89.7 Å². The lowest BCUT2D eigenvalue weighted by atomic mass is 9.88. The average molecular weight is 657 g/mol. The number of fused-ring (bicyclic) bond motifs is 3. The molecule has 0 aliphatic heterocycles. The van der Waals surface area contributed by atoms with Crippen LogP contribution in [0.25, 0.3) is 90.3 Å². The monoisotopic (exact) mass is 656 g/mol. The molecule has 0 bridgehead atoms. The summed E-state index contributed by atoms with van der Waals surface area (Å²) in [4.78, 5) is 78.7. The van der Waals surface area contributed by atoms with Gasteiger partial charge in [0.05, 0.1) is 11.1 Å². The summed E-state index contributed by atoms with van der Waals surface area (Å²) < 4.78 is 6.96. The van der Waals surface area contributed by atoms with Crippen molar-refractivity contribution in [3.8, 4) is 68.3 Å². The van der Waals surface area contributed by atoms with Crippen LogP contribution in [-0.4, -0.2) is 89.7 Å². The van der Waals surface area contributed by atoms with E-state index in [1.807, 2.05) is 13.0 Å². The molecule has 19 nitrogen and oxygen atoms in total. The molecule has 0 aliphatic rings. The zero-order valence-corrected chi connectivity index (χ0v) is 25.5. The number of nitrogens with zero attached hydrogens (tertiary/aromatic N) is 18. The van der Waals surface area contributed by atoms with Crippen LogP contribution in [-0.2, 0) is 0 Å². The molecule has 0 spiro atoms. The molecule has 9 rings (SSSR count). The minimum absolute atomic E-state index is 0.253. The lowest BCUT2D eigenvalue weighted by molar-refractivity contribution is 0.669. The van der Waals surface area contributed by atoms with Gasteiger partial charge in [-0.15, -0.1) is 0 Å². The molecular formula is C31H16N18O. The van der Waals surface area contributed by atoms with Gasteiger partial charge in [0.1, 0.15) is 87.1 Å². The molecule has 0 saturated heterocycles. The van der Waals surface area contributed by atoms with E-state index in [0.717, 1.165) is 5.56 Å². The lowest BCUT2D eigenvalue weighted by Gasteiger charge is -2.17. The fourth-order valence-electron chi connectivity index (χ4n) is 5.84. The first kappa shape index (κ1) is 28.5. The SMILES string of the molecule is Cc1c(-c2ncncn2)cc2c(oc3c(-c4ncncn4)c(-c4ncncn4)c(-c4ncncn4)c(-c4ncncn4)c32)c1-c1ncncn1. The molecule has 0 saturated carbocycles. The van der Waals surface area contributed by atoms with E-state index >= 15 is 0 Å². The summed E-state index contributed by atoms with van der Waals surface area (Å²) in [7, 11) is 0. The van der Waals surface area contributed by atoms with Gasteiger partial charge < -0.3 is 4.42 Å². The zero-order chi connectivity index (χ0) is 33.4. The second-order valence-electron chi connectivity index (χ2n) is 10.4. The minimum atomic E-state index is 0.253. The highest BCUT2D eigenvalue weighted by atomic mass is 16.3. The molecule has 9 aromatic rings. The van der Waals surface area contributed by atoms with E-state index in [2.05, 4.69) is 89.7 Å². The van der Waals surface area contributed by atoms with Gasteiger partial charge in [0.2, 0.25) is 0 Å². The van der Waals surface area contributed by atoms with Crippen LogP contribution in [0, 0.1) is 6.92 Å². The minimum Gasteiger partial charge on any atom is -0.454 e. The fraction of sp³-hybridized carbons (Fsp3) is 0.0323. The van der Waals surface area contributed by atoms with Crippen LogP contribution < -0.4 is 0 Å². The van der Waals surface area contributed by atoms with E-state index in [4.69, 9.17) is 4.42 Å². The van der Waals surface area contributed by atoms with Crippen molar-refractivity contribution in [3.63, 3.8) is 0 Å². The van der Waals surface area contributed by atoms with Crippen molar-refractivity contribution in [3.05, 3.63) is 87.6 Å². The van der Waals surface area contributed by atoms with Gasteiger partial charge in [-0.3, -0.25) is 0 Å². The number of benzene rings is 2. The van der Waals surface area contributed by atoms with Gasteiger partial charge in [-0.25, -0.2) is 89.7 Å². The molecule has 0 amide bonds. The van der Waals surface area contributed by atoms with Crippen LogP contribution >= 0.6 is 0 Å². The number of aromatic nitrogens is 18. The predicted molar refractivity (Wildman–Crippen MR) is 171 cm³/mol. The molecule has 7 heterocycles. The van der Waals surface area contributed by atoms with Crippen molar-refractivity contribution in [2.24, 2.45) is 0 Å². The van der Waals surface area contributed by atoms with Crippen molar-refractivity contribution in [2.75, 3.05) is 0 Å². The zero-order valence-electron chi connectivity index (χ0n) is 25.5. The fourth-order valence-corrected chi connectivity index (χ4v) is 5.84. The summed E-state index contributed by atoms with van der Waals surface area (Å²) in [6.45, 7) is 1.91. The Morgan fingerprint density at radius 2 is 0.700 bits per heavy atom. The van der Waals surface area contributed by atoms with Gasteiger partial charge in [0.15, 0.2) is 34.9 Å². The summed E-state index contributed by atoms with van der Waals surface area (Å²) in [6.07, 6.45) is 16.8. The number of hydrogen-bond donors (Lipinski definition) is 0. The van der Waals surface area contributed by atoms with Crippen LogP contribution in [0.5, 0.6) is 0 Å². The maximum atomic E-state index is 6.96. The number of hydrogen-bond acceptors (Lipinski definition) is 19. The first-order valence-electron chi connectivity index (χ1n) is 14.6. The Morgan fingerprint density at radius 1 is 0.360 bits per heavy atom. The van der Waals surface area contributed by atoms with Crippen molar-refractivity contribution >= 4 is 21.9 Å². The van der Waals surface area contributed by atoms with Crippen LogP contribution in [0.1, 0.15) is 5.56 Å². The molecule has 0 unspecified atom stereocenters. The Bertz CT molecular complexity index is 2630. The average Bonchev–Trinajstić information content (AvgIpc) is 3.57. The summed E-state index contributed by atoms with van der Waals surface area (Å²) in [5, 5.41) is 1.17. The summed E-state index contributed by atoms with van der Waals surface area (Å²) in [6, 6.07) is 1.93. The lowest BCUT2D eigenvalue weighted by Crippen LogP contribution is -2.04. The smallest absolute Gasteiger partial charge is 0.167 e. The molecule has 0 N–H and O–H groups in total. The van der Waals surface area contributed by atoms with Gasteiger partial charge in [-0.05, 0) is 18.6 Å². The third kappa shape index (κ3) is 4.60. The topological polar surface area (TPSA) is 245 Å². The maximum Gasteiger partial charge on any atom is 0.167 e. The van der Waals surface area contributed by atoms with E-state index in [-0.39, 0.29) is 23.3 Å². The van der Waals surface area contributed by atoms with Crippen molar-refractivity contribution in [1.29, 1.82) is 0 Å². The summed E-state index contributed by atoms with van der Waals surface area (Å²) >= 11 is 0. The highest BCUT2D eigenvalue weighted by molar-refractivity contribution is 6.24. The van der Waals surface area contributed by atoms with Crippen LogP contribution in [0.15, 0.2) is 86.4 Å². The third-order valence-electron chi connectivity index (χ3n) is 7.79. The van der Waals surface area contributed by atoms with Crippen molar-refractivity contribution in [2.45, 2.75) is 6.92 Å². The summed E-state index contributed by atoms with van der Waals surface area (Å²) in [5.41, 5.74) is 4.52. The molecule has 0 atom stereocenters. The van der Waals surface area contributed by atoms with Gasteiger partial charge in [-0.2, -0.15) is 0 Å². The van der Waals surface area contributed by atoms with E-state index < -0.39 is 0 Å². The molecule has 50 heavy (non-hydrogen) atoms. The van der Waals surface area contributed by atoms with E-state index in [1.165, 1.54) is 75.9 Å². The van der Waals surface area contributed by atoms with Gasteiger partial charge in [0, 0.05) is 33.0 Å². The molecule has 0 radical (unpaired) electrons. The van der Waals surface area contributed by atoms with Crippen molar-refractivity contribution < 1.29 is 4.42 Å². The van der Waals surface area contributed by atoms with Crippen LogP contribution in [0.2, 0.25) is 0 Å².